The molecule has 4 unspecified atom stereocenters. The third-order valence-corrected chi connectivity index (χ3v) is 7.44. The van der Waals surface area contributed by atoms with Gasteiger partial charge in [-0.05, 0) is 56.0 Å². The number of hydrogen-bond donors (Lipinski definition) is 8. The Hall–Kier alpha value is -4.68. The van der Waals surface area contributed by atoms with Crippen molar-refractivity contribution in [3.05, 3.63) is 72.1 Å². The smallest absolute Gasteiger partial charge is 0.326 e. The lowest BCUT2D eigenvalue weighted by molar-refractivity contribution is -0.142. The SMILES string of the molecule is CC(N)C(=O)NC(CCCCN)C(=O)NC(Cc1c[nH]c2ccccc12)C(=O)NC(Cc1c[nH]c2ccccc12)C(=O)O. The number of unbranched alkanes of at least 4 members (excludes halogenated alkanes) is 1. The van der Waals surface area contributed by atoms with Gasteiger partial charge in [-0.1, -0.05) is 36.4 Å². The maximum Gasteiger partial charge on any atom is 0.326 e. The van der Waals surface area contributed by atoms with Crippen LogP contribution in [-0.4, -0.2) is 69.5 Å². The summed E-state index contributed by atoms with van der Waals surface area (Å²) < 4.78 is 0. The van der Waals surface area contributed by atoms with E-state index in [-0.39, 0.29) is 12.8 Å². The molecule has 2 aromatic carbocycles. The standard InChI is InChI=1S/C31H39N7O5/c1-18(33)28(39)36-25(12-6-7-13-32)29(40)37-26(14-19-16-34-23-10-4-2-8-21(19)23)30(41)38-27(31(42)43)15-20-17-35-24-11-5-3-9-22(20)24/h2-5,8-11,16-18,25-27,34-35H,6-7,12-15,32-33H2,1H3,(H,36,39)(H,37,40)(H,38,41)(H,42,43). The number of aliphatic carboxylic acids is 1. The van der Waals surface area contributed by atoms with Gasteiger partial charge in [0.15, 0.2) is 0 Å². The Labute approximate surface area is 249 Å². The number of carboxylic acid groups (broad SMARTS) is 1. The number of aromatic nitrogens is 2. The van der Waals surface area contributed by atoms with Crippen LogP contribution in [0.5, 0.6) is 0 Å². The van der Waals surface area contributed by atoms with E-state index in [0.29, 0.717) is 25.8 Å². The van der Waals surface area contributed by atoms with Crippen LogP contribution in [0, 0.1) is 0 Å². The first-order chi connectivity index (χ1) is 20.7. The first-order valence-electron chi connectivity index (χ1n) is 14.4. The predicted octanol–water partition coefficient (Wildman–Crippen LogP) is 1.45. The summed E-state index contributed by atoms with van der Waals surface area (Å²) in [5, 5.41) is 19.8. The summed E-state index contributed by atoms with van der Waals surface area (Å²) in [6.07, 6.45) is 5.10. The van der Waals surface area contributed by atoms with Gasteiger partial charge in [0.1, 0.15) is 18.1 Å². The van der Waals surface area contributed by atoms with Crippen molar-refractivity contribution in [3.8, 4) is 0 Å². The van der Waals surface area contributed by atoms with Gasteiger partial charge in [-0.25, -0.2) is 4.79 Å². The molecule has 10 N–H and O–H groups in total. The van der Waals surface area contributed by atoms with Crippen molar-refractivity contribution < 1.29 is 24.3 Å². The lowest BCUT2D eigenvalue weighted by atomic mass is 10.0. The van der Waals surface area contributed by atoms with Crippen molar-refractivity contribution in [2.45, 2.75) is 63.2 Å². The number of nitrogens with one attached hydrogen (secondary N) is 5. The van der Waals surface area contributed by atoms with E-state index in [2.05, 4.69) is 25.9 Å². The van der Waals surface area contributed by atoms with Crippen molar-refractivity contribution in [1.29, 1.82) is 0 Å². The van der Waals surface area contributed by atoms with Gasteiger partial charge in [-0.15, -0.1) is 0 Å². The number of rotatable bonds is 15. The largest absolute Gasteiger partial charge is 0.480 e. The molecule has 0 spiro atoms. The molecular weight excluding hydrogens is 550 g/mol. The Bertz CT molecular complexity index is 1580. The van der Waals surface area contributed by atoms with Gasteiger partial charge in [-0.2, -0.15) is 0 Å². The highest BCUT2D eigenvalue weighted by Gasteiger charge is 2.31. The maximum absolute atomic E-state index is 13.7. The van der Waals surface area contributed by atoms with Crippen LogP contribution >= 0.6 is 0 Å². The second-order valence-corrected chi connectivity index (χ2v) is 10.7. The summed E-state index contributed by atoms with van der Waals surface area (Å²) in [6, 6.07) is 10.8. The number of para-hydroxylation sites is 2. The number of amides is 3. The molecule has 0 aliphatic rings. The molecule has 0 saturated heterocycles. The molecule has 228 valence electrons. The van der Waals surface area contributed by atoms with Crippen molar-refractivity contribution in [2.75, 3.05) is 6.54 Å². The summed E-state index contributed by atoms with van der Waals surface area (Å²) in [5.74, 6) is -2.95. The van der Waals surface area contributed by atoms with E-state index in [1.54, 1.807) is 12.4 Å². The van der Waals surface area contributed by atoms with Gasteiger partial charge in [-0.3, -0.25) is 14.4 Å². The summed E-state index contributed by atoms with van der Waals surface area (Å²) >= 11 is 0. The molecule has 4 atom stereocenters. The van der Waals surface area contributed by atoms with Gasteiger partial charge < -0.3 is 42.5 Å². The molecule has 0 radical (unpaired) electrons. The second-order valence-electron chi connectivity index (χ2n) is 10.7. The van der Waals surface area contributed by atoms with E-state index in [9.17, 15) is 24.3 Å². The molecule has 2 aromatic heterocycles. The van der Waals surface area contributed by atoms with Crippen LogP contribution in [0.4, 0.5) is 0 Å². The molecule has 4 aromatic rings. The third kappa shape index (κ3) is 7.99. The second kappa shape index (κ2) is 14.5. The normalized spacial score (nSPS) is 14.1. The topological polar surface area (TPSA) is 208 Å². The Morgan fingerprint density at radius 3 is 1.77 bits per heavy atom. The summed E-state index contributed by atoms with van der Waals surface area (Å²) in [4.78, 5) is 58.2. The van der Waals surface area contributed by atoms with E-state index in [0.717, 1.165) is 32.9 Å². The van der Waals surface area contributed by atoms with Gasteiger partial charge in [0, 0.05) is 47.0 Å². The number of fused-ring (bicyclic) bond motifs is 2. The van der Waals surface area contributed by atoms with Crippen LogP contribution in [0.2, 0.25) is 0 Å². The van der Waals surface area contributed by atoms with Crippen molar-refractivity contribution in [3.63, 3.8) is 0 Å². The molecule has 12 heteroatoms. The zero-order chi connectivity index (χ0) is 30.9. The highest BCUT2D eigenvalue weighted by molar-refractivity contribution is 5.95. The average Bonchev–Trinajstić information content (AvgIpc) is 3.59. The lowest BCUT2D eigenvalue weighted by Crippen LogP contribution is -2.57. The van der Waals surface area contributed by atoms with Crippen LogP contribution in [0.25, 0.3) is 21.8 Å². The molecule has 12 nitrogen and oxygen atoms in total. The minimum Gasteiger partial charge on any atom is -0.480 e. The molecule has 3 amide bonds. The number of carbonyl (C=O) groups excluding carboxylic acids is 3. The maximum atomic E-state index is 13.7. The molecule has 0 saturated carbocycles. The Kier molecular flexibility index (Phi) is 10.5. The summed E-state index contributed by atoms with van der Waals surface area (Å²) in [6.45, 7) is 1.94. The van der Waals surface area contributed by atoms with E-state index in [1.165, 1.54) is 6.92 Å². The van der Waals surface area contributed by atoms with Crippen molar-refractivity contribution >= 4 is 45.5 Å². The van der Waals surface area contributed by atoms with Crippen LogP contribution < -0.4 is 27.4 Å². The fourth-order valence-corrected chi connectivity index (χ4v) is 5.06. The highest BCUT2D eigenvalue weighted by Crippen LogP contribution is 2.21. The molecule has 0 aliphatic carbocycles. The van der Waals surface area contributed by atoms with Crippen LogP contribution in [0.3, 0.4) is 0 Å². The monoisotopic (exact) mass is 589 g/mol. The molecule has 0 bridgehead atoms. The molecule has 43 heavy (non-hydrogen) atoms. The van der Waals surface area contributed by atoms with Gasteiger partial charge in [0.2, 0.25) is 17.7 Å². The van der Waals surface area contributed by atoms with Crippen LogP contribution in [0.15, 0.2) is 60.9 Å². The fraction of sp³-hybridized carbons (Fsp3) is 0.355. The van der Waals surface area contributed by atoms with E-state index < -0.39 is 47.9 Å². The van der Waals surface area contributed by atoms with E-state index in [1.807, 2.05) is 48.5 Å². The van der Waals surface area contributed by atoms with E-state index >= 15 is 0 Å². The first kappa shape index (κ1) is 31.3. The summed E-state index contributed by atoms with van der Waals surface area (Å²) in [7, 11) is 0. The van der Waals surface area contributed by atoms with Crippen LogP contribution in [0.1, 0.15) is 37.3 Å². The van der Waals surface area contributed by atoms with Crippen LogP contribution in [-0.2, 0) is 32.0 Å². The minimum absolute atomic E-state index is 0.0327. The van der Waals surface area contributed by atoms with Gasteiger partial charge >= 0.3 is 5.97 Å². The number of carbonyl (C=O) groups is 4. The number of nitrogens with two attached hydrogens (primary N) is 2. The molecular formula is C31H39N7O5. The minimum atomic E-state index is -1.26. The van der Waals surface area contributed by atoms with Crippen molar-refractivity contribution in [2.24, 2.45) is 11.5 Å². The fourth-order valence-electron chi connectivity index (χ4n) is 5.06. The first-order valence-corrected chi connectivity index (χ1v) is 14.4. The van der Waals surface area contributed by atoms with Gasteiger partial charge in [0.25, 0.3) is 0 Å². The third-order valence-electron chi connectivity index (χ3n) is 7.44. The Morgan fingerprint density at radius 2 is 1.23 bits per heavy atom. The quantitative estimate of drug-likeness (QED) is 0.0956. The molecule has 2 heterocycles. The van der Waals surface area contributed by atoms with Crippen molar-refractivity contribution in [1.82, 2.24) is 25.9 Å². The number of H-pyrrole nitrogens is 2. The number of aromatic amines is 2. The highest BCUT2D eigenvalue weighted by atomic mass is 16.4. The Balaban J connectivity index is 1.58. The molecule has 4 rings (SSSR count). The van der Waals surface area contributed by atoms with E-state index in [4.69, 9.17) is 11.5 Å². The summed E-state index contributed by atoms with van der Waals surface area (Å²) in [5.41, 5.74) is 14.5. The number of carboxylic acids is 1. The predicted molar refractivity (Wildman–Crippen MR) is 164 cm³/mol. The Morgan fingerprint density at radius 1 is 0.744 bits per heavy atom. The number of benzene rings is 2. The molecule has 0 aliphatic heterocycles. The average molecular weight is 590 g/mol. The zero-order valence-corrected chi connectivity index (χ0v) is 24.1. The number of hydrogen-bond acceptors (Lipinski definition) is 6. The lowest BCUT2D eigenvalue weighted by Gasteiger charge is -2.25. The zero-order valence-electron chi connectivity index (χ0n) is 24.1. The molecule has 0 fully saturated rings. The van der Waals surface area contributed by atoms with Gasteiger partial charge in [0.05, 0.1) is 6.04 Å².